The molecule has 0 aliphatic carbocycles. The second kappa shape index (κ2) is 8.63. The Hall–Kier alpha value is -2.57. The third kappa shape index (κ3) is 4.46. The molecule has 1 saturated heterocycles. The number of nitrogens with one attached hydrogen (secondary N) is 1. The van der Waals surface area contributed by atoms with Crippen LogP contribution in [0.2, 0.25) is 5.02 Å². The molecule has 3 aromatic rings. The number of benzene rings is 2. The number of carbonyl (C=O) groups excluding carboxylic acids is 1. The molecule has 1 aromatic heterocycles. The normalized spacial score (nSPS) is 16.4. The molecule has 1 aliphatic heterocycles. The van der Waals surface area contributed by atoms with Crippen LogP contribution in [-0.2, 0) is 22.7 Å². The number of nitrogens with zero attached hydrogens (tertiary/aromatic N) is 2. The monoisotopic (exact) mass is 399 g/mol. The van der Waals surface area contributed by atoms with Crippen molar-refractivity contribution in [2.45, 2.75) is 32.1 Å². The van der Waals surface area contributed by atoms with Crippen LogP contribution < -0.4 is 10.1 Å². The summed E-state index contributed by atoms with van der Waals surface area (Å²) in [5.74, 6) is 1.33. The molecule has 1 fully saturated rings. The van der Waals surface area contributed by atoms with Gasteiger partial charge in [0.1, 0.15) is 24.7 Å². The van der Waals surface area contributed by atoms with E-state index in [0.717, 1.165) is 30.5 Å². The van der Waals surface area contributed by atoms with Crippen molar-refractivity contribution < 1.29 is 14.3 Å². The van der Waals surface area contributed by atoms with Crippen LogP contribution in [0.4, 0.5) is 0 Å². The molecule has 1 atom stereocenters. The van der Waals surface area contributed by atoms with Gasteiger partial charge < -0.3 is 19.4 Å². The maximum atomic E-state index is 12.5. The van der Waals surface area contributed by atoms with Gasteiger partial charge >= 0.3 is 0 Å². The SMILES string of the molecule is O=C(Cn1c(COc2ccc(Cl)cc2)nc2ccccc21)NCC1CCCO1. The quantitative estimate of drug-likeness (QED) is 0.659. The van der Waals surface area contributed by atoms with Gasteiger partial charge in [0.25, 0.3) is 0 Å². The summed E-state index contributed by atoms with van der Waals surface area (Å²) in [6, 6.07) is 14.9. The highest BCUT2D eigenvalue weighted by molar-refractivity contribution is 6.30. The molecule has 1 unspecified atom stereocenters. The molecule has 6 nitrogen and oxygen atoms in total. The van der Waals surface area contributed by atoms with Gasteiger partial charge in [-0.05, 0) is 49.2 Å². The zero-order valence-corrected chi connectivity index (χ0v) is 16.2. The van der Waals surface area contributed by atoms with Crippen molar-refractivity contribution in [1.82, 2.24) is 14.9 Å². The largest absolute Gasteiger partial charge is 0.486 e. The van der Waals surface area contributed by atoms with E-state index < -0.39 is 0 Å². The molecule has 1 N–H and O–H groups in total. The van der Waals surface area contributed by atoms with Gasteiger partial charge in [-0.3, -0.25) is 4.79 Å². The summed E-state index contributed by atoms with van der Waals surface area (Å²) in [4.78, 5) is 17.1. The summed E-state index contributed by atoms with van der Waals surface area (Å²) in [5.41, 5.74) is 1.74. The average Bonchev–Trinajstić information content (AvgIpc) is 3.34. The Morgan fingerprint density at radius 2 is 2.07 bits per heavy atom. The van der Waals surface area contributed by atoms with Crippen LogP contribution in [0.3, 0.4) is 0 Å². The van der Waals surface area contributed by atoms with E-state index in [1.807, 2.05) is 41.0 Å². The van der Waals surface area contributed by atoms with Gasteiger partial charge in [0.05, 0.1) is 17.1 Å². The minimum absolute atomic E-state index is 0.0635. The third-order valence-corrected chi connectivity index (χ3v) is 5.02. The lowest BCUT2D eigenvalue weighted by molar-refractivity contribution is -0.122. The average molecular weight is 400 g/mol. The number of halogens is 1. The minimum atomic E-state index is -0.0635. The highest BCUT2D eigenvalue weighted by Crippen LogP contribution is 2.20. The van der Waals surface area contributed by atoms with Crippen molar-refractivity contribution in [2.24, 2.45) is 0 Å². The lowest BCUT2D eigenvalue weighted by atomic mass is 10.2. The van der Waals surface area contributed by atoms with Gasteiger partial charge in [-0.1, -0.05) is 23.7 Å². The molecule has 0 spiro atoms. The van der Waals surface area contributed by atoms with Crippen molar-refractivity contribution in [2.75, 3.05) is 13.2 Å². The van der Waals surface area contributed by atoms with Crippen molar-refractivity contribution in [1.29, 1.82) is 0 Å². The number of ether oxygens (including phenoxy) is 2. The first-order valence-corrected chi connectivity index (χ1v) is 9.77. The Balaban J connectivity index is 1.47. The first kappa shape index (κ1) is 18.8. The van der Waals surface area contributed by atoms with Gasteiger partial charge in [0, 0.05) is 18.2 Å². The highest BCUT2D eigenvalue weighted by Gasteiger charge is 2.18. The molecular weight excluding hydrogens is 378 g/mol. The number of hydrogen-bond donors (Lipinski definition) is 1. The number of fused-ring (bicyclic) bond motifs is 1. The molecule has 0 bridgehead atoms. The van der Waals surface area contributed by atoms with Gasteiger partial charge in [-0.2, -0.15) is 0 Å². The van der Waals surface area contributed by atoms with E-state index in [1.165, 1.54) is 0 Å². The molecule has 28 heavy (non-hydrogen) atoms. The Labute approximate surface area is 168 Å². The first-order valence-electron chi connectivity index (χ1n) is 9.40. The number of carbonyl (C=O) groups is 1. The number of amides is 1. The smallest absolute Gasteiger partial charge is 0.240 e. The topological polar surface area (TPSA) is 65.4 Å². The summed E-state index contributed by atoms with van der Waals surface area (Å²) in [6.07, 6.45) is 2.17. The van der Waals surface area contributed by atoms with Crippen LogP contribution in [-0.4, -0.2) is 34.7 Å². The van der Waals surface area contributed by atoms with E-state index >= 15 is 0 Å². The van der Waals surface area contributed by atoms with E-state index in [0.29, 0.717) is 23.1 Å². The van der Waals surface area contributed by atoms with Crippen LogP contribution in [0.5, 0.6) is 5.75 Å². The van der Waals surface area contributed by atoms with Crippen molar-refractivity contribution in [3.05, 3.63) is 59.4 Å². The standard InChI is InChI=1S/C21H22ClN3O3/c22-15-7-9-16(10-8-15)28-14-20-24-18-5-1-2-6-19(18)25(20)13-21(26)23-12-17-4-3-11-27-17/h1-2,5-10,17H,3-4,11-14H2,(H,23,26). The van der Waals surface area contributed by atoms with Crippen LogP contribution >= 0.6 is 11.6 Å². The third-order valence-electron chi connectivity index (χ3n) is 4.77. The molecule has 1 aliphatic rings. The zero-order valence-electron chi connectivity index (χ0n) is 15.4. The minimum Gasteiger partial charge on any atom is -0.486 e. The zero-order chi connectivity index (χ0) is 19.3. The van der Waals surface area contributed by atoms with E-state index in [1.54, 1.807) is 12.1 Å². The fourth-order valence-corrected chi connectivity index (χ4v) is 3.45. The van der Waals surface area contributed by atoms with Crippen LogP contribution in [0.1, 0.15) is 18.7 Å². The number of imidazole rings is 1. The molecule has 7 heteroatoms. The molecule has 1 amide bonds. The lowest BCUT2D eigenvalue weighted by Gasteiger charge is -2.13. The maximum absolute atomic E-state index is 12.5. The Bertz CT molecular complexity index is 949. The van der Waals surface area contributed by atoms with Crippen LogP contribution in [0.25, 0.3) is 11.0 Å². The molecule has 2 heterocycles. The summed E-state index contributed by atoms with van der Waals surface area (Å²) >= 11 is 5.92. The van der Waals surface area contributed by atoms with E-state index in [-0.39, 0.29) is 25.2 Å². The summed E-state index contributed by atoms with van der Waals surface area (Å²) in [5, 5.41) is 3.62. The van der Waals surface area contributed by atoms with E-state index in [4.69, 9.17) is 21.1 Å². The van der Waals surface area contributed by atoms with Gasteiger partial charge in [-0.25, -0.2) is 4.98 Å². The van der Waals surface area contributed by atoms with Crippen molar-refractivity contribution in [3.8, 4) is 5.75 Å². The summed E-state index contributed by atoms with van der Waals surface area (Å²) < 4.78 is 13.3. The Morgan fingerprint density at radius 3 is 2.86 bits per heavy atom. The maximum Gasteiger partial charge on any atom is 0.240 e. The first-order chi connectivity index (χ1) is 13.7. The second-order valence-electron chi connectivity index (χ2n) is 6.78. The number of aromatic nitrogens is 2. The number of para-hydroxylation sites is 2. The number of hydrogen-bond acceptors (Lipinski definition) is 4. The molecular formula is C21H22ClN3O3. The summed E-state index contributed by atoms with van der Waals surface area (Å²) in [6.45, 7) is 1.77. The predicted octanol–water partition coefficient (Wildman–Crippen LogP) is 3.56. The van der Waals surface area contributed by atoms with Crippen LogP contribution in [0, 0.1) is 0 Å². The van der Waals surface area contributed by atoms with Crippen LogP contribution in [0.15, 0.2) is 48.5 Å². The predicted molar refractivity (Wildman–Crippen MR) is 108 cm³/mol. The molecule has 146 valence electrons. The van der Waals surface area contributed by atoms with Crippen molar-refractivity contribution in [3.63, 3.8) is 0 Å². The Kier molecular flexibility index (Phi) is 5.78. The van der Waals surface area contributed by atoms with Gasteiger partial charge in [0.15, 0.2) is 0 Å². The molecule has 0 saturated carbocycles. The number of rotatable bonds is 7. The van der Waals surface area contributed by atoms with Gasteiger partial charge in [0.2, 0.25) is 5.91 Å². The molecule has 0 radical (unpaired) electrons. The second-order valence-corrected chi connectivity index (χ2v) is 7.22. The van der Waals surface area contributed by atoms with Crippen molar-refractivity contribution >= 4 is 28.5 Å². The molecule has 2 aromatic carbocycles. The van der Waals surface area contributed by atoms with E-state index in [9.17, 15) is 4.79 Å². The lowest BCUT2D eigenvalue weighted by Crippen LogP contribution is -2.34. The highest BCUT2D eigenvalue weighted by atomic mass is 35.5. The fourth-order valence-electron chi connectivity index (χ4n) is 3.32. The fraction of sp³-hybridized carbons (Fsp3) is 0.333. The van der Waals surface area contributed by atoms with E-state index in [2.05, 4.69) is 10.3 Å². The summed E-state index contributed by atoms with van der Waals surface area (Å²) in [7, 11) is 0. The Morgan fingerprint density at radius 1 is 1.25 bits per heavy atom. The van der Waals surface area contributed by atoms with Gasteiger partial charge in [-0.15, -0.1) is 0 Å². The molecule has 4 rings (SSSR count).